The van der Waals surface area contributed by atoms with Crippen molar-refractivity contribution in [3.63, 3.8) is 0 Å². The SMILES string of the molecule is CCOC(=O)/C(=C(/O)C(F)(F)F)P(c1ccccc1)c1ccccc1. The van der Waals surface area contributed by atoms with E-state index in [0.29, 0.717) is 10.6 Å². The number of hydrogen-bond donors (Lipinski definition) is 1. The molecule has 0 saturated heterocycles. The second-order valence-electron chi connectivity index (χ2n) is 4.92. The molecule has 3 nitrogen and oxygen atoms in total. The predicted octanol–water partition coefficient (Wildman–Crippen LogP) is 4.01. The van der Waals surface area contributed by atoms with E-state index in [0.717, 1.165) is 0 Å². The van der Waals surface area contributed by atoms with Crippen LogP contribution in [0.2, 0.25) is 0 Å². The van der Waals surface area contributed by atoms with Crippen LogP contribution >= 0.6 is 7.92 Å². The first-order valence-electron chi connectivity index (χ1n) is 7.44. The third-order valence-corrected chi connectivity index (χ3v) is 5.68. The molecule has 2 rings (SSSR count). The number of ether oxygens (including phenoxy) is 1. The Morgan fingerprint density at radius 2 is 1.44 bits per heavy atom. The highest BCUT2D eigenvalue weighted by Crippen LogP contribution is 2.47. The molecule has 2 aromatic rings. The zero-order valence-corrected chi connectivity index (χ0v) is 14.2. The molecule has 0 aliphatic rings. The monoisotopic (exact) mass is 368 g/mol. The van der Waals surface area contributed by atoms with Gasteiger partial charge in [-0.3, -0.25) is 0 Å². The first kappa shape index (κ1) is 19.0. The van der Waals surface area contributed by atoms with E-state index in [4.69, 9.17) is 4.74 Å². The standard InChI is InChI=1S/C18H16F3O3P/c1-2-24-17(23)15(16(22)18(19,20)21)25(13-9-5-3-6-10-13)14-11-7-4-8-12-14/h3-12,22H,2H2,1H3/b16-15-. The van der Waals surface area contributed by atoms with Gasteiger partial charge >= 0.3 is 12.1 Å². The highest BCUT2D eigenvalue weighted by Gasteiger charge is 2.42. The van der Waals surface area contributed by atoms with Gasteiger partial charge in [-0.2, -0.15) is 13.2 Å². The van der Waals surface area contributed by atoms with E-state index in [-0.39, 0.29) is 6.61 Å². The molecular weight excluding hydrogens is 352 g/mol. The molecule has 0 heterocycles. The number of carbonyl (C=O) groups excluding carboxylic acids is 1. The summed E-state index contributed by atoms with van der Waals surface area (Å²) in [6, 6.07) is 16.6. The van der Waals surface area contributed by atoms with Gasteiger partial charge in [0.25, 0.3) is 0 Å². The number of rotatable bonds is 5. The normalized spacial score (nSPS) is 12.7. The Labute approximate surface area is 144 Å². The fraction of sp³-hybridized carbons (Fsp3) is 0.167. The minimum absolute atomic E-state index is 0.0970. The molecule has 0 saturated carbocycles. The summed E-state index contributed by atoms with van der Waals surface area (Å²) in [7, 11) is -1.93. The summed E-state index contributed by atoms with van der Waals surface area (Å²) < 4.78 is 44.4. The Balaban J connectivity index is 2.72. The number of halogens is 3. The van der Waals surface area contributed by atoms with Crippen LogP contribution in [0, 0.1) is 0 Å². The molecule has 25 heavy (non-hydrogen) atoms. The maximum Gasteiger partial charge on any atom is 0.449 e. The summed E-state index contributed by atoms with van der Waals surface area (Å²) in [6.45, 7) is 1.40. The minimum Gasteiger partial charge on any atom is -0.504 e. The fourth-order valence-electron chi connectivity index (χ4n) is 2.19. The molecule has 0 radical (unpaired) electrons. The van der Waals surface area contributed by atoms with Gasteiger partial charge in [-0.1, -0.05) is 60.7 Å². The molecule has 1 N–H and O–H groups in total. The van der Waals surface area contributed by atoms with Crippen LogP contribution < -0.4 is 10.6 Å². The lowest BCUT2D eigenvalue weighted by molar-refractivity contribution is -0.141. The molecule has 0 aliphatic carbocycles. The van der Waals surface area contributed by atoms with E-state index in [1.807, 2.05) is 0 Å². The Hall–Kier alpha value is -2.33. The van der Waals surface area contributed by atoms with Gasteiger partial charge in [0.2, 0.25) is 5.76 Å². The molecule has 0 spiro atoms. The molecule has 0 aliphatic heterocycles. The number of carbonyl (C=O) groups is 1. The van der Waals surface area contributed by atoms with Gasteiger partial charge in [0, 0.05) is 0 Å². The number of esters is 1. The highest BCUT2D eigenvalue weighted by molar-refractivity contribution is 7.77. The number of hydrogen-bond acceptors (Lipinski definition) is 3. The molecule has 0 atom stereocenters. The third-order valence-electron chi connectivity index (χ3n) is 3.21. The third kappa shape index (κ3) is 4.60. The summed E-state index contributed by atoms with van der Waals surface area (Å²) in [5, 5.41) is 10.0. The van der Waals surface area contributed by atoms with Gasteiger partial charge in [0.05, 0.1) is 6.61 Å². The lowest BCUT2D eigenvalue weighted by Gasteiger charge is -2.22. The smallest absolute Gasteiger partial charge is 0.449 e. The Morgan fingerprint density at radius 1 is 1.00 bits per heavy atom. The van der Waals surface area contributed by atoms with E-state index < -0.39 is 31.1 Å². The topological polar surface area (TPSA) is 46.5 Å². The number of allylic oxidation sites excluding steroid dienone is 1. The van der Waals surface area contributed by atoms with E-state index in [1.54, 1.807) is 60.7 Å². The molecule has 0 bridgehead atoms. The second kappa shape index (κ2) is 8.17. The molecule has 132 valence electrons. The van der Waals surface area contributed by atoms with Crippen molar-refractivity contribution in [1.82, 2.24) is 0 Å². The van der Waals surface area contributed by atoms with Gasteiger partial charge in [0.15, 0.2) is 0 Å². The van der Waals surface area contributed by atoms with Crippen LogP contribution in [-0.2, 0) is 9.53 Å². The maximum atomic E-state index is 13.2. The average Bonchev–Trinajstić information content (AvgIpc) is 2.60. The molecule has 0 aromatic heterocycles. The Bertz CT molecular complexity index is 704. The van der Waals surface area contributed by atoms with Crippen molar-refractivity contribution in [2.45, 2.75) is 13.1 Å². The molecule has 0 amide bonds. The average molecular weight is 368 g/mol. The zero-order chi connectivity index (χ0) is 18.4. The van der Waals surface area contributed by atoms with Crippen molar-refractivity contribution < 1.29 is 27.8 Å². The van der Waals surface area contributed by atoms with Crippen molar-refractivity contribution >= 4 is 24.5 Å². The van der Waals surface area contributed by atoms with Crippen molar-refractivity contribution in [1.29, 1.82) is 0 Å². The maximum absolute atomic E-state index is 13.2. The zero-order valence-electron chi connectivity index (χ0n) is 13.3. The summed E-state index contributed by atoms with van der Waals surface area (Å²) in [5.41, 5.74) is 0. The summed E-state index contributed by atoms with van der Waals surface area (Å²) in [5.74, 6) is -3.08. The van der Waals surface area contributed by atoms with Crippen LogP contribution in [0.5, 0.6) is 0 Å². The van der Waals surface area contributed by atoms with Gasteiger partial charge < -0.3 is 9.84 Å². The van der Waals surface area contributed by atoms with E-state index in [2.05, 4.69) is 0 Å². The van der Waals surface area contributed by atoms with E-state index in [1.165, 1.54) is 6.92 Å². The van der Waals surface area contributed by atoms with Crippen LogP contribution in [0.4, 0.5) is 13.2 Å². The number of alkyl halides is 3. The first-order chi connectivity index (χ1) is 11.9. The first-order valence-corrected chi connectivity index (χ1v) is 8.78. The molecule has 2 aromatic carbocycles. The summed E-state index contributed by atoms with van der Waals surface area (Å²) in [4.78, 5) is 12.3. The lowest BCUT2D eigenvalue weighted by atomic mass is 10.4. The highest BCUT2D eigenvalue weighted by atomic mass is 31.1. The van der Waals surface area contributed by atoms with Crippen molar-refractivity contribution in [3.8, 4) is 0 Å². The van der Waals surface area contributed by atoms with Crippen LogP contribution in [0.3, 0.4) is 0 Å². The van der Waals surface area contributed by atoms with Crippen LogP contribution in [0.25, 0.3) is 0 Å². The molecule has 0 fully saturated rings. The summed E-state index contributed by atoms with van der Waals surface area (Å²) >= 11 is 0. The molecule has 0 unspecified atom stereocenters. The Kier molecular flexibility index (Phi) is 6.21. The van der Waals surface area contributed by atoms with Gasteiger partial charge in [-0.25, -0.2) is 4.79 Å². The summed E-state index contributed by atoms with van der Waals surface area (Å²) in [6.07, 6.45) is -5.05. The Morgan fingerprint density at radius 3 is 1.80 bits per heavy atom. The van der Waals surface area contributed by atoms with Gasteiger partial charge in [-0.15, -0.1) is 0 Å². The number of benzene rings is 2. The predicted molar refractivity (Wildman–Crippen MR) is 91.4 cm³/mol. The van der Waals surface area contributed by atoms with Crippen molar-refractivity contribution in [3.05, 3.63) is 71.7 Å². The lowest BCUT2D eigenvalue weighted by Crippen LogP contribution is -2.24. The van der Waals surface area contributed by atoms with Crippen molar-refractivity contribution in [2.75, 3.05) is 6.61 Å². The van der Waals surface area contributed by atoms with Crippen LogP contribution in [0.1, 0.15) is 6.92 Å². The largest absolute Gasteiger partial charge is 0.504 e. The van der Waals surface area contributed by atoms with Crippen LogP contribution in [-0.4, -0.2) is 23.9 Å². The minimum atomic E-state index is -5.05. The van der Waals surface area contributed by atoms with Gasteiger partial charge in [0.1, 0.15) is 5.31 Å². The second-order valence-corrected chi connectivity index (χ2v) is 7.07. The van der Waals surface area contributed by atoms with Gasteiger partial charge in [-0.05, 0) is 25.5 Å². The number of aliphatic hydroxyl groups is 1. The number of aliphatic hydroxyl groups excluding tert-OH is 1. The molecular formula is C18H16F3O3P. The fourth-order valence-corrected chi connectivity index (χ4v) is 4.53. The van der Waals surface area contributed by atoms with E-state index in [9.17, 15) is 23.1 Å². The molecule has 7 heteroatoms. The quantitative estimate of drug-likeness (QED) is 0.375. The van der Waals surface area contributed by atoms with E-state index >= 15 is 0 Å². The van der Waals surface area contributed by atoms with Crippen molar-refractivity contribution in [2.24, 2.45) is 0 Å². The van der Waals surface area contributed by atoms with Crippen LogP contribution in [0.15, 0.2) is 71.7 Å².